The van der Waals surface area contributed by atoms with Gasteiger partial charge in [-0.05, 0) is 29.8 Å². The maximum atomic E-state index is 13.3. The van der Waals surface area contributed by atoms with Crippen LogP contribution in [0.4, 0.5) is 14.5 Å². The van der Waals surface area contributed by atoms with Crippen molar-refractivity contribution in [1.82, 2.24) is 4.98 Å². The molecule has 3 rings (SSSR count). The molecule has 1 aromatic heterocycles. The van der Waals surface area contributed by atoms with Crippen LogP contribution < -0.4 is 0 Å². The van der Waals surface area contributed by atoms with Crippen molar-refractivity contribution in [2.75, 3.05) is 0 Å². The van der Waals surface area contributed by atoms with Gasteiger partial charge in [0.15, 0.2) is 11.6 Å². The highest BCUT2D eigenvalue weighted by Gasteiger charge is 2.26. The Kier molecular flexibility index (Phi) is 3.71. The van der Waals surface area contributed by atoms with Gasteiger partial charge >= 0.3 is 5.69 Å². The second-order valence-corrected chi connectivity index (χ2v) is 4.91. The average Bonchev–Trinajstić information content (AvgIpc) is 2.55. The highest BCUT2D eigenvalue weighted by molar-refractivity contribution is 5.88. The van der Waals surface area contributed by atoms with Crippen molar-refractivity contribution >= 4 is 16.6 Å². The van der Waals surface area contributed by atoms with Crippen LogP contribution in [0.3, 0.4) is 0 Å². The SMILES string of the molecule is O=[N+]([O-])c1c(C(O)c2ccc(F)c(F)c2)ccc2cccnc12. The van der Waals surface area contributed by atoms with Crippen LogP contribution in [0.2, 0.25) is 0 Å². The number of nitro groups is 1. The van der Waals surface area contributed by atoms with Crippen LogP contribution in [-0.4, -0.2) is 15.0 Å². The van der Waals surface area contributed by atoms with Crippen molar-refractivity contribution in [2.45, 2.75) is 6.10 Å². The van der Waals surface area contributed by atoms with Crippen LogP contribution in [0.25, 0.3) is 10.9 Å². The number of rotatable bonds is 3. The minimum absolute atomic E-state index is 0.0160. The molecule has 0 amide bonds. The number of aromatic nitrogens is 1. The van der Waals surface area contributed by atoms with E-state index >= 15 is 0 Å². The summed E-state index contributed by atoms with van der Waals surface area (Å²) < 4.78 is 26.3. The molecule has 1 atom stereocenters. The minimum atomic E-state index is -1.48. The summed E-state index contributed by atoms with van der Waals surface area (Å²) >= 11 is 0. The summed E-state index contributed by atoms with van der Waals surface area (Å²) in [6, 6.07) is 9.10. The van der Waals surface area contributed by atoms with Gasteiger partial charge in [0, 0.05) is 11.6 Å². The Balaban J connectivity index is 2.20. The lowest BCUT2D eigenvalue weighted by Crippen LogP contribution is -2.06. The molecule has 0 radical (unpaired) electrons. The Morgan fingerprint density at radius 3 is 2.61 bits per heavy atom. The second-order valence-electron chi connectivity index (χ2n) is 4.91. The van der Waals surface area contributed by atoms with E-state index in [1.165, 1.54) is 18.3 Å². The zero-order chi connectivity index (χ0) is 16.6. The third-order valence-corrected chi connectivity index (χ3v) is 3.52. The third-order valence-electron chi connectivity index (χ3n) is 3.52. The Morgan fingerprint density at radius 1 is 1.13 bits per heavy atom. The molecule has 0 aliphatic carbocycles. The monoisotopic (exact) mass is 316 g/mol. The molecular formula is C16H10F2N2O3. The summed E-state index contributed by atoms with van der Waals surface area (Å²) in [4.78, 5) is 14.8. The molecule has 5 nitrogen and oxygen atoms in total. The molecule has 0 saturated carbocycles. The number of benzene rings is 2. The van der Waals surface area contributed by atoms with E-state index in [0.29, 0.717) is 5.39 Å². The Morgan fingerprint density at radius 2 is 1.91 bits per heavy atom. The molecule has 0 spiro atoms. The van der Waals surface area contributed by atoms with Crippen molar-refractivity contribution in [3.8, 4) is 0 Å². The standard InChI is InChI=1S/C16H10F2N2O3/c17-12-6-4-10(8-13(12)18)16(21)11-5-3-9-2-1-7-19-14(9)15(11)20(22)23/h1-8,16,21H. The normalized spacial score (nSPS) is 12.3. The van der Waals surface area contributed by atoms with E-state index in [1.807, 2.05) is 0 Å². The number of nitrogens with zero attached hydrogens (tertiary/aromatic N) is 2. The maximum Gasteiger partial charge on any atom is 0.301 e. The predicted molar refractivity (Wildman–Crippen MR) is 78.8 cm³/mol. The summed E-state index contributed by atoms with van der Waals surface area (Å²) in [5, 5.41) is 22.3. The van der Waals surface area contributed by atoms with Gasteiger partial charge in [-0.2, -0.15) is 0 Å². The molecular weight excluding hydrogens is 306 g/mol. The second kappa shape index (κ2) is 5.69. The molecule has 23 heavy (non-hydrogen) atoms. The lowest BCUT2D eigenvalue weighted by Gasteiger charge is -2.13. The highest BCUT2D eigenvalue weighted by atomic mass is 19.2. The van der Waals surface area contributed by atoms with E-state index in [4.69, 9.17) is 0 Å². The molecule has 0 aliphatic heterocycles. The lowest BCUT2D eigenvalue weighted by molar-refractivity contribution is -0.384. The summed E-state index contributed by atoms with van der Waals surface area (Å²) in [5.41, 5.74) is -0.258. The summed E-state index contributed by atoms with van der Waals surface area (Å²) in [6.07, 6.45) is -0.0693. The van der Waals surface area contributed by atoms with Crippen molar-refractivity contribution in [2.24, 2.45) is 0 Å². The van der Waals surface area contributed by atoms with Crippen molar-refractivity contribution in [3.63, 3.8) is 0 Å². The van der Waals surface area contributed by atoms with Crippen LogP contribution in [0.1, 0.15) is 17.2 Å². The minimum Gasteiger partial charge on any atom is -0.383 e. The van der Waals surface area contributed by atoms with Crippen molar-refractivity contribution < 1.29 is 18.8 Å². The number of halogens is 2. The summed E-state index contributed by atoms with van der Waals surface area (Å²) in [7, 11) is 0. The Bertz CT molecular complexity index is 915. The molecule has 2 aromatic carbocycles. The van der Waals surface area contributed by atoms with Gasteiger partial charge in [0.1, 0.15) is 11.6 Å². The summed E-state index contributed by atoms with van der Waals surface area (Å²) in [6.45, 7) is 0. The molecule has 1 heterocycles. The van der Waals surface area contributed by atoms with Gasteiger partial charge < -0.3 is 5.11 Å². The van der Waals surface area contributed by atoms with E-state index in [2.05, 4.69) is 4.98 Å². The van der Waals surface area contributed by atoms with Gasteiger partial charge in [-0.3, -0.25) is 10.1 Å². The fourth-order valence-electron chi connectivity index (χ4n) is 2.42. The smallest absolute Gasteiger partial charge is 0.301 e. The number of pyridine rings is 1. The van der Waals surface area contributed by atoms with Crippen LogP contribution in [-0.2, 0) is 0 Å². The molecule has 0 bridgehead atoms. The fourth-order valence-corrected chi connectivity index (χ4v) is 2.42. The topological polar surface area (TPSA) is 76.3 Å². The third kappa shape index (κ3) is 2.62. The van der Waals surface area contributed by atoms with Crippen LogP contribution >= 0.6 is 0 Å². The molecule has 0 aliphatic rings. The van der Waals surface area contributed by atoms with Gasteiger partial charge in [0.25, 0.3) is 0 Å². The number of aliphatic hydroxyl groups is 1. The predicted octanol–water partition coefficient (Wildman–Crippen LogP) is 3.50. The van der Waals surface area contributed by atoms with Crippen molar-refractivity contribution in [3.05, 3.63) is 81.5 Å². The number of hydrogen-bond acceptors (Lipinski definition) is 4. The number of fused-ring (bicyclic) bond motifs is 1. The fraction of sp³-hybridized carbons (Fsp3) is 0.0625. The molecule has 0 saturated heterocycles. The van der Waals surface area contributed by atoms with E-state index in [-0.39, 0.29) is 22.3 Å². The largest absolute Gasteiger partial charge is 0.383 e. The molecule has 116 valence electrons. The van der Waals surface area contributed by atoms with E-state index < -0.39 is 22.7 Å². The van der Waals surface area contributed by atoms with Gasteiger partial charge in [0.05, 0.1) is 10.5 Å². The van der Waals surface area contributed by atoms with E-state index in [1.54, 1.807) is 18.2 Å². The summed E-state index contributed by atoms with van der Waals surface area (Å²) in [5.74, 6) is -2.20. The maximum absolute atomic E-state index is 13.3. The average molecular weight is 316 g/mol. The molecule has 7 heteroatoms. The molecule has 0 fully saturated rings. The Hall–Kier alpha value is -2.93. The Labute approximate surface area is 129 Å². The first-order valence-corrected chi connectivity index (χ1v) is 6.64. The number of nitro benzene ring substituents is 1. The van der Waals surface area contributed by atoms with E-state index in [9.17, 15) is 24.0 Å². The number of hydrogen-bond donors (Lipinski definition) is 1. The first kappa shape index (κ1) is 15.0. The molecule has 3 aromatic rings. The van der Waals surface area contributed by atoms with Gasteiger partial charge in [-0.15, -0.1) is 0 Å². The van der Waals surface area contributed by atoms with E-state index in [0.717, 1.165) is 12.1 Å². The van der Waals surface area contributed by atoms with Gasteiger partial charge in [-0.25, -0.2) is 13.8 Å². The highest BCUT2D eigenvalue weighted by Crippen LogP contribution is 2.35. The van der Waals surface area contributed by atoms with Gasteiger partial charge in [0.2, 0.25) is 0 Å². The van der Waals surface area contributed by atoms with Crippen LogP contribution in [0.5, 0.6) is 0 Å². The zero-order valence-electron chi connectivity index (χ0n) is 11.6. The molecule has 1 unspecified atom stereocenters. The van der Waals surface area contributed by atoms with Gasteiger partial charge in [-0.1, -0.05) is 18.2 Å². The quantitative estimate of drug-likeness (QED) is 0.592. The van der Waals surface area contributed by atoms with Crippen molar-refractivity contribution in [1.29, 1.82) is 0 Å². The molecule has 1 N–H and O–H groups in total. The first-order chi connectivity index (χ1) is 11.0. The first-order valence-electron chi connectivity index (χ1n) is 6.64. The van der Waals surface area contributed by atoms with Crippen LogP contribution in [0.15, 0.2) is 48.7 Å². The van der Waals surface area contributed by atoms with Crippen LogP contribution in [0, 0.1) is 21.7 Å². The zero-order valence-corrected chi connectivity index (χ0v) is 11.6. The number of aliphatic hydroxyl groups excluding tert-OH is 1. The lowest BCUT2D eigenvalue weighted by atomic mass is 9.98.